The van der Waals surface area contributed by atoms with Crippen molar-refractivity contribution in [2.24, 2.45) is 7.05 Å². The highest BCUT2D eigenvalue weighted by molar-refractivity contribution is 9.10. The van der Waals surface area contributed by atoms with Gasteiger partial charge in [0.05, 0.1) is 5.52 Å². The summed E-state index contributed by atoms with van der Waals surface area (Å²) in [6.07, 6.45) is 0. The number of aryl methyl sites for hydroxylation is 1. The second-order valence-electron chi connectivity index (χ2n) is 3.95. The highest BCUT2D eigenvalue weighted by Crippen LogP contribution is 2.26. The van der Waals surface area contributed by atoms with Crippen molar-refractivity contribution in [2.75, 3.05) is 0 Å². The van der Waals surface area contributed by atoms with E-state index in [2.05, 4.69) is 21.0 Å². The first kappa shape index (κ1) is 11.6. The van der Waals surface area contributed by atoms with Crippen LogP contribution in [0.4, 0.5) is 0 Å². The summed E-state index contributed by atoms with van der Waals surface area (Å²) in [5.74, 6) is -0.0417. The van der Waals surface area contributed by atoms with Crippen LogP contribution in [0, 0.1) is 0 Å². The van der Waals surface area contributed by atoms with Crippen LogP contribution in [-0.4, -0.2) is 15.6 Å². The maximum absolute atomic E-state index is 12.5. The monoisotopic (exact) mass is 320 g/mol. The molecule has 0 atom stereocenters. The molecule has 0 bridgehead atoms. The first-order valence-electron chi connectivity index (χ1n) is 5.36. The Morgan fingerprint density at radius 3 is 2.83 bits per heavy atom. The third-order valence-electron chi connectivity index (χ3n) is 2.83. The molecule has 5 heteroatoms. The average Bonchev–Trinajstić information content (AvgIpc) is 2.94. The molecule has 2 heterocycles. The van der Waals surface area contributed by atoms with Gasteiger partial charge in [-0.25, -0.2) is 0 Å². The molecule has 18 heavy (non-hydrogen) atoms. The highest BCUT2D eigenvalue weighted by atomic mass is 79.9. The molecule has 1 aromatic carbocycles. The van der Waals surface area contributed by atoms with E-state index in [0.29, 0.717) is 11.3 Å². The number of thiophene rings is 1. The summed E-state index contributed by atoms with van der Waals surface area (Å²) < 4.78 is 2.57. The third kappa shape index (κ3) is 1.71. The Morgan fingerprint density at radius 2 is 2.11 bits per heavy atom. The maximum atomic E-state index is 12.5. The van der Waals surface area contributed by atoms with Crippen molar-refractivity contribution in [3.8, 4) is 0 Å². The summed E-state index contributed by atoms with van der Waals surface area (Å²) in [7, 11) is 1.85. The van der Waals surface area contributed by atoms with Gasteiger partial charge in [0.1, 0.15) is 5.69 Å². The number of carbonyl (C=O) groups excluding carboxylic acids is 1. The Balaban J connectivity index is 2.21. The Bertz CT molecular complexity index is 744. The molecule has 2 aromatic heterocycles. The van der Waals surface area contributed by atoms with Crippen molar-refractivity contribution in [3.63, 3.8) is 0 Å². The first-order chi connectivity index (χ1) is 8.68. The number of fused-ring (bicyclic) bond motifs is 1. The molecule has 0 N–H and O–H groups in total. The van der Waals surface area contributed by atoms with Crippen LogP contribution in [0.5, 0.6) is 0 Å². The van der Waals surface area contributed by atoms with Crippen LogP contribution in [0.15, 0.2) is 39.5 Å². The van der Waals surface area contributed by atoms with Crippen molar-refractivity contribution in [1.29, 1.82) is 0 Å². The maximum Gasteiger partial charge on any atom is 0.215 e. The van der Waals surface area contributed by atoms with Gasteiger partial charge in [-0.15, -0.1) is 0 Å². The minimum atomic E-state index is -0.0417. The van der Waals surface area contributed by atoms with Crippen LogP contribution in [-0.2, 0) is 7.05 Å². The number of hydrogen-bond acceptors (Lipinski definition) is 3. The zero-order chi connectivity index (χ0) is 12.7. The fraction of sp³-hybridized carbons (Fsp3) is 0.0769. The lowest BCUT2D eigenvalue weighted by Crippen LogP contribution is -2.03. The number of nitrogens with zero attached hydrogens (tertiary/aromatic N) is 2. The summed E-state index contributed by atoms with van der Waals surface area (Å²) in [5.41, 5.74) is 2.14. The van der Waals surface area contributed by atoms with Gasteiger partial charge in [-0.1, -0.05) is 18.2 Å². The number of para-hydroxylation sites is 1. The summed E-state index contributed by atoms with van der Waals surface area (Å²) in [4.78, 5) is 12.5. The van der Waals surface area contributed by atoms with Gasteiger partial charge >= 0.3 is 0 Å². The molecule has 90 valence electrons. The molecule has 0 aliphatic carbocycles. The second-order valence-corrected chi connectivity index (χ2v) is 5.55. The number of aromatic nitrogens is 2. The largest absolute Gasteiger partial charge is 0.287 e. The van der Waals surface area contributed by atoms with Gasteiger partial charge < -0.3 is 0 Å². The fourth-order valence-corrected chi connectivity index (χ4v) is 3.41. The molecule has 3 nitrogen and oxygen atoms in total. The zero-order valence-electron chi connectivity index (χ0n) is 9.55. The highest BCUT2D eigenvalue weighted by Gasteiger charge is 2.19. The molecular formula is C13H9BrN2OS. The quantitative estimate of drug-likeness (QED) is 0.676. The summed E-state index contributed by atoms with van der Waals surface area (Å²) in [6, 6.07) is 7.75. The van der Waals surface area contributed by atoms with E-state index in [4.69, 9.17) is 0 Å². The predicted octanol–water partition coefficient (Wildman–Crippen LogP) is 3.63. The second kappa shape index (κ2) is 4.33. The standard InChI is InChI=1S/C13H9BrN2OS/c1-16-11-5-3-2-4-8(11)12(15-16)13(17)9-6-18-7-10(9)14/h2-7H,1H3. The van der Waals surface area contributed by atoms with E-state index in [1.807, 2.05) is 42.1 Å². The molecule has 3 rings (SSSR count). The summed E-state index contributed by atoms with van der Waals surface area (Å²) in [5, 5.41) is 8.97. The molecule has 0 saturated carbocycles. The van der Waals surface area contributed by atoms with Crippen LogP contribution in [0.25, 0.3) is 10.9 Å². The molecule has 0 aliphatic rings. The molecule has 0 radical (unpaired) electrons. The molecule has 0 spiro atoms. The van der Waals surface area contributed by atoms with E-state index in [9.17, 15) is 4.79 Å². The molecule has 0 amide bonds. The third-order valence-corrected chi connectivity index (χ3v) is 4.53. The van der Waals surface area contributed by atoms with E-state index < -0.39 is 0 Å². The van der Waals surface area contributed by atoms with Crippen LogP contribution in [0.2, 0.25) is 0 Å². The van der Waals surface area contributed by atoms with Crippen LogP contribution in [0.3, 0.4) is 0 Å². The summed E-state index contributed by atoms with van der Waals surface area (Å²) >= 11 is 4.89. The number of benzene rings is 1. The van der Waals surface area contributed by atoms with Gasteiger partial charge in [0.15, 0.2) is 0 Å². The Kier molecular flexibility index (Phi) is 2.80. The van der Waals surface area contributed by atoms with Crippen molar-refractivity contribution in [2.45, 2.75) is 0 Å². The summed E-state index contributed by atoms with van der Waals surface area (Å²) in [6.45, 7) is 0. The molecular weight excluding hydrogens is 312 g/mol. The van der Waals surface area contributed by atoms with Crippen molar-refractivity contribution in [3.05, 3.63) is 50.8 Å². The van der Waals surface area contributed by atoms with E-state index >= 15 is 0 Å². The zero-order valence-corrected chi connectivity index (χ0v) is 12.0. The van der Waals surface area contributed by atoms with Gasteiger partial charge in [0.2, 0.25) is 5.78 Å². The van der Waals surface area contributed by atoms with Crippen molar-refractivity contribution >= 4 is 44.0 Å². The van der Waals surface area contributed by atoms with Gasteiger partial charge in [0.25, 0.3) is 0 Å². The van der Waals surface area contributed by atoms with Crippen LogP contribution < -0.4 is 0 Å². The van der Waals surface area contributed by atoms with E-state index in [-0.39, 0.29) is 5.78 Å². The lowest BCUT2D eigenvalue weighted by atomic mass is 10.1. The Morgan fingerprint density at radius 1 is 1.33 bits per heavy atom. The van der Waals surface area contributed by atoms with E-state index in [0.717, 1.165) is 15.4 Å². The Labute approximate surface area is 116 Å². The number of ketones is 1. The normalized spacial score (nSPS) is 11.0. The predicted molar refractivity (Wildman–Crippen MR) is 76.2 cm³/mol. The van der Waals surface area contributed by atoms with Gasteiger partial charge in [-0.3, -0.25) is 9.48 Å². The minimum absolute atomic E-state index is 0.0417. The van der Waals surface area contributed by atoms with Gasteiger partial charge in [-0.05, 0) is 22.0 Å². The average molecular weight is 321 g/mol. The SMILES string of the molecule is Cn1nc(C(=O)c2cscc2Br)c2ccccc21. The van der Waals surface area contributed by atoms with Crippen molar-refractivity contribution in [1.82, 2.24) is 9.78 Å². The Hall–Kier alpha value is -1.46. The molecule has 0 saturated heterocycles. The molecule has 0 aliphatic heterocycles. The molecule has 0 unspecified atom stereocenters. The van der Waals surface area contributed by atoms with Gasteiger partial charge in [-0.2, -0.15) is 16.4 Å². The minimum Gasteiger partial charge on any atom is -0.287 e. The van der Waals surface area contributed by atoms with Crippen LogP contribution >= 0.6 is 27.3 Å². The molecule has 3 aromatic rings. The van der Waals surface area contributed by atoms with Crippen LogP contribution in [0.1, 0.15) is 16.1 Å². The first-order valence-corrected chi connectivity index (χ1v) is 7.10. The lowest BCUT2D eigenvalue weighted by molar-refractivity contribution is 0.103. The van der Waals surface area contributed by atoms with E-state index in [1.165, 1.54) is 11.3 Å². The lowest BCUT2D eigenvalue weighted by Gasteiger charge is -1.95. The number of rotatable bonds is 2. The van der Waals surface area contributed by atoms with Crippen molar-refractivity contribution < 1.29 is 4.79 Å². The van der Waals surface area contributed by atoms with Gasteiger partial charge in [0, 0.05) is 33.2 Å². The number of carbonyl (C=O) groups is 1. The number of hydrogen-bond donors (Lipinski definition) is 0. The number of halogens is 1. The topological polar surface area (TPSA) is 34.9 Å². The molecule has 0 fully saturated rings. The smallest absolute Gasteiger partial charge is 0.215 e. The van der Waals surface area contributed by atoms with E-state index in [1.54, 1.807) is 4.68 Å². The fourth-order valence-electron chi connectivity index (χ4n) is 1.95.